The monoisotopic (exact) mass is 214 g/mol. The van der Waals surface area contributed by atoms with Gasteiger partial charge in [0.05, 0.1) is 18.7 Å². The van der Waals surface area contributed by atoms with Gasteiger partial charge >= 0.3 is 0 Å². The lowest BCUT2D eigenvalue weighted by Gasteiger charge is -2.29. The Hall–Kier alpha value is -0.610. The smallest absolute Gasteiger partial charge is 0.237 e. The summed E-state index contributed by atoms with van der Waals surface area (Å²) in [7, 11) is 0. The van der Waals surface area contributed by atoms with E-state index in [-0.39, 0.29) is 17.4 Å². The molecule has 88 valence electrons. The molecule has 1 aliphatic rings. The summed E-state index contributed by atoms with van der Waals surface area (Å²) in [6, 6.07) is -0.320. The second kappa shape index (κ2) is 4.94. The van der Waals surface area contributed by atoms with Crippen molar-refractivity contribution in [3.8, 4) is 0 Å². The molecule has 15 heavy (non-hydrogen) atoms. The van der Waals surface area contributed by atoms with Crippen LogP contribution in [-0.2, 0) is 9.53 Å². The van der Waals surface area contributed by atoms with Gasteiger partial charge in [0.25, 0.3) is 0 Å². The maximum absolute atomic E-state index is 11.8. The average Bonchev–Trinajstić information content (AvgIpc) is 2.16. The molecule has 1 aliphatic heterocycles. The van der Waals surface area contributed by atoms with Crippen LogP contribution in [0, 0.1) is 5.41 Å². The van der Waals surface area contributed by atoms with Crippen molar-refractivity contribution in [1.29, 1.82) is 0 Å². The van der Waals surface area contributed by atoms with Crippen LogP contribution in [0.5, 0.6) is 0 Å². The van der Waals surface area contributed by atoms with Crippen LogP contribution < -0.4 is 11.1 Å². The van der Waals surface area contributed by atoms with Crippen LogP contribution in [0.1, 0.15) is 33.6 Å². The van der Waals surface area contributed by atoms with E-state index in [1.807, 2.05) is 20.8 Å². The van der Waals surface area contributed by atoms with Gasteiger partial charge in [-0.3, -0.25) is 4.79 Å². The molecule has 1 saturated heterocycles. The van der Waals surface area contributed by atoms with Crippen molar-refractivity contribution in [2.24, 2.45) is 11.1 Å². The summed E-state index contributed by atoms with van der Waals surface area (Å²) < 4.78 is 5.29. The van der Waals surface area contributed by atoms with E-state index in [0.717, 1.165) is 19.4 Å². The molecule has 2 atom stereocenters. The first-order valence-electron chi connectivity index (χ1n) is 5.55. The molecule has 1 rings (SSSR count). The molecule has 3 N–H and O–H groups in total. The highest BCUT2D eigenvalue weighted by Gasteiger charge is 2.29. The van der Waals surface area contributed by atoms with Crippen molar-refractivity contribution in [3.05, 3.63) is 0 Å². The average molecular weight is 214 g/mol. The molecule has 1 fully saturated rings. The van der Waals surface area contributed by atoms with Crippen molar-refractivity contribution < 1.29 is 9.53 Å². The predicted octanol–water partition coefficient (Wildman–Crippen LogP) is 0.655. The maximum atomic E-state index is 11.8. The molecule has 0 aromatic carbocycles. The van der Waals surface area contributed by atoms with Gasteiger partial charge in [-0.05, 0) is 18.3 Å². The molecule has 1 heterocycles. The Morgan fingerprint density at radius 3 is 2.67 bits per heavy atom. The standard InChI is InChI=1S/C11H22N2O2/c1-11(2,3)9(12)10(14)13-8-5-4-6-15-7-8/h8-9H,4-7,12H2,1-3H3,(H,13,14)/t8?,9-/m0/s1. The topological polar surface area (TPSA) is 64.4 Å². The first-order valence-corrected chi connectivity index (χ1v) is 5.55. The van der Waals surface area contributed by atoms with Crippen molar-refractivity contribution in [2.45, 2.75) is 45.7 Å². The van der Waals surface area contributed by atoms with E-state index in [9.17, 15) is 4.79 Å². The lowest BCUT2D eigenvalue weighted by Crippen LogP contribution is -2.52. The number of hydrogen-bond donors (Lipinski definition) is 2. The first kappa shape index (κ1) is 12.5. The minimum absolute atomic E-state index is 0.0713. The zero-order valence-electron chi connectivity index (χ0n) is 9.88. The zero-order chi connectivity index (χ0) is 11.5. The van der Waals surface area contributed by atoms with E-state index in [2.05, 4.69) is 5.32 Å². The second-order valence-corrected chi connectivity index (χ2v) is 5.27. The lowest BCUT2D eigenvalue weighted by molar-refractivity contribution is -0.126. The van der Waals surface area contributed by atoms with Gasteiger partial charge in [0, 0.05) is 6.61 Å². The number of ether oxygens (including phenoxy) is 1. The van der Waals surface area contributed by atoms with E-state index < -0.39 is 6.04 Å². The fourth-order valence-electron chi connectivity index (χ4n) is 1.54. The van der Waals surface area contributed by atoms with Gasteiger partial charge in [0.1, 0.15) is 0 Å². The summed E-state index contributed by atoms with van der Waals surface area (Å²) >= 11 is 0. The summed E-state index contributed by atoms with van der Waals surface area (Å²) in [5.41, 5.74) is 5.66. The SMILES string of the molecule is CC(C)(C)[C@@H](N)C(=O)NC1CCCOC1. The number of carbonyl (C=O) groups is 1. The van der Waals surface area contributed by atoms with E-state index in [0.29, 0.717) is 6.61 Å². The fourth-order valence-corrected chi connectivity index (χ4v) is 1.54. The summed E-state index contributed by atoms with van der Waals surface area (Å²) in [6.07, 6.45) is 2.00. The molecule has 0 spiro atoms. The van der Waals surface area contributed by atoms with Crippen molar-refractivity contribution >= 4 is 5.91 Å². The summed E-state index contributed by atoms with van der Waals surface area (Å²) in [4.78, 5) is 11.8. The number of nitrogens with one attached hydrogen (secondary N) is 1. The van der Waals surface area contributed by atoms with Crippen molar-refractivity contribution in [2.75, 3.05) is 13.2 Å². The largest absolute Gasteiger partial charge is 0.379 e. The first-order chi connectivity index (χ1) is 6.91. The van der Waals surface area contributed by atoms with Gasteiger partial charge in [-0.1, -0.05) is 20.8 Å². The molecule has 0 aromatic rings. The Morgan fingerprint density at radius 1 is 1.53 bits per heavy atom. The number of hydrogen-bond acceptors (Lipinski definition) is 3. The minimum atomic E-state index is -0.459. The predicted molar refractivity (Wildman–Crippen MR) is 59.4 cm³/mol. The van der Waals surface area contributed by atoms with Crippen LogP contribution >= 0.6 is 0 Å². The zero-order valence-corrected chi connectivity index (χ0v) is 9.88. The highest BCUT2D eigenvalue weighted by Crippen LogP contribution is 2.17. The van der Waals surface area contributed by atoms with E-state index in [1.54, 1.807) is 0 Å². The van der Waals surface area contributed by atoms with Crippen LogP contribution in [0.15, 0.2) is 0 Å². The molecule has 1 unspecified atom stereocenters. The van der Waals surface area contributed by atoms with Gasteiger partial charge < -0.3 is 15.8 Å². The molecule has 0 radical (unpaired) electrons. The fraction of sp³-hybridized carbons (Fsp3) is 0.909. The lowest BCUT2D eigenvalue weighted by atomic mass is 9.86. The summed E-state index contributed by atoms with van der Waals surface area (Å²) in [5, 5.41) is 2.94. The molecule has 0 saturated carbocycles. The van der Waals surface area contributed by atoms with Gasteiger partial charge in [-0.2, -0.15) is 0 Å². The van der Waals surface area contributed by atoms with E-state index >= 15 is 0 Å². The molecule has 4 nitrogen and oxygen atoms in total. The molecule has 4 heteroatoms. The molecule has 1 amide bonds. The van der Waals surface area contributed by atoms with Gasteiger partial charge in [0.15, 0.2) is 0 Å². The maximum Gasteiger partial charge on any atom is 0.237 e. The van der Waals surface area contributed by atoms with Crippen LogP contribution in [0.3, 0.4) is 0 Å². The van der Waals surface area contributed by atoms with Gasteiger partial charge in [-0.25, -0.2) is 0 Å². The third kappa shape index (κ3) is 3.80. The second-order valence-electron chi connectivity index (χ2n) is 5.27. The number of carbonyl (C=O) groups excluding carboxylic acids is 1. The number of amides is 1. The highest BCUT2D eigenvalue weighted by molar-refractivity contribution is 5.82. The highest BCUT2D eigenvalue weighted by atomic mass is 16.5. The molecular weight excluding hydrogens is 192 g/mol. The summed E-state index contributed by atoms with van der Waals surface area (Å²) in [5.74, 6) is -0.0713. The van der Waals surface area contributed by atoms with Crippen LogP contribution in [0.25, 0.3) is 0 Å². The Balaban J connectivity index is 2.40. The quantitative estimate of drug-likeness (QED) is 0.709. The molecular formula is C11H22N2O2. The molecule has 0 aromatic heterocycles. The van der Waals surface area contributed by atoms with E-state index in [4.69, 9.17) is 10.5 Å². The van der Waals surface area contributed by atoms with Gasteiger partial charge in [-0.15, -0.1) is 0 Å². The normalized spacial score (nSPS) is 24.7. The Morgan fingerprint density at radius 2 is 2.20 bits per heavy atom. The number of rotatable bonds is 2. The van der Waals surface area contributed by atoms with E-state index in [1.165, 1.54) is 0 Å². The number of nitrogens with two attached hydrogens (primary N) is 1. The Labute approximate surface area is 91.5 Å². The van der Waals surface area contributed by atoms with Crippen LogP contribution in [0.4, 0.5) is 0 Å². The third-order valence-corrected chi connectivity index (χ3v) is 2.72. The van der Waals surface area contributed by atoms with Crippen molar-refractivity contribution in [3.63, 3.8) is 0 Å². The van der Waals surface area contributed by atoms with Crippen LogP contribution in [-0.4, -0.2) is 31.2 Å². The van der Waals surface area contributed by atoms with Crippen LogP contribution in [0.2, 0.25) is 0 Å². The minimum Gasteiger partial charge on any atom is -0.379 e. The molecule has 0 bridgehead atoms. The summed E-state index contributed by atoms with van der Waals surface area (Å²) in [6.45, 7) is 7.32. The Bertz CT molecular complexity index is 217. The third-order valence-electron chi connectivity index (χ3n) is 2.72. The molecule has 0 aliphatic carbocycles. The van der Waals surface area contributed by atoms with Crippen molar-refractivity contribution in [1.82, 2.24) is 5.32 Å². The Kier molecular flexibility index (Phi) is 4.11. The van der Waals surface area contributed by atoms with Gasteiger partial charge in [0.2, 0.25) is 5.91 Å².